The van der Waals surface area contributed by atoms with E-state index in [4.69, 9.17) is 10.5 Å². The number of anilines is 2. The first-order chi connectivity index (χ1) is 13.5. The fourth-order valence-electron chi connectivity index (χ4n) is 2.90. The van der Waals surface area contributed by atoms with Crippen LogP contribution in [-0.2, 0) is 4.74 Å². The molecule has 0 spiro atoms. The number of aromatic nitrogens is 7. The van der Waals surface area contributed by atoms with Crippen molar-refractivity contribution in [3.05, 3.63) is 30.5 Å². The summed E-state index contributed by atoms with van der Waals surface area (Å²) in [7, 11) is 0. The zero-order valence-corrected chi connectivity index (χ0v) is 14.9. The Bertz CT molecular complexity index is 967. The number of rotatable bonds is 4. The molecule has 3 aromatic heterocycles. The number of hydrogen-bond donors (Lipinski definition) is 1. The van der Waals surface area contributed by atoms with Crippen LogP contribution in [0.2, 0.25) is 0 Å². The minimum absolute atomic E-state index is 0.00621. The van der Waals surface area contributed by atoms with Gasteiger partial charge in [0.2, 0.25) is 5.95 Å². The van der Waals surface area contributed by atoms with Gasteiger partial charge in [0.15, 0.2) is 5.82 Å². The highest BCUT2D eigenvalue weighted by Crippen LogP contribution is 2.31. The molecule has 1 saturated heterocycles. The predicted octanol–water partition coefficient (Wildman–Crippen LogP) is 1.26. The lowest BCUT2D eigenvalue weighted by atomic mass is 10.1. The number of morpholine rings is 1. The van der Waals surface area contributed by atoms with Gasteiger partial charge in [-0.25, -0.2) is 18.7 Å². The molecule has 0 unspecified atom stereocenters. The quantitative estimate of drug-likeness (QED) is 0.703. The molecule has 0 aromatic carbocycles. The van der Waals surface area contributed by atoms with E-state index in [0.29, 0.717) is 25.7 Å². The summed E-state index contributed by atoms with van der Waals surface area (Å²) >= 11 is 0. The zero-order valence-electron chi connectivity index (χ0n) is 14.9. The Kier molecular flexibility index (Phi) is 4.77. The largest absolute Gasteiger partial charge is 0.384 e. The molecule has 28 heavy (non-hydrogen) atoms. The summed E-state index contributed by atoms with van der Waals surface area (Å²) in [5, 5.41) is 4.02. The van der Waals surface area contributed by atoms with Crippen LogP contribution in [-0.4, -0.2) is 60.5 Å². The Labute approximate surface area is 158 Å². The molecule has 10 nitrogen and oxygen atoms in total. The number of halogens is 2. The lowest BCUT2D eigenvalue weighted by Crippen LogP contribution is -2.44. The maximum absolute atomic E-state index is 13.6. The summed E-state index contributed by atoms with van der Waals surface area (Å²) < 4.78 is 33.9. The molecule has 1 fully saturated rings. The highest BCUT2D eigenvalue weighted by Gasteiger charge is 2.25. The van der Waals surface area contributed by atoms with Crippen LogP contribution in [0.3, 0.4) is 0 Å². The Morgan fingerprint density at radius 2 is 2.07 bits per heavy atom. The van der Waals surface area contributed by atoms with Crippen LogP contribution in [0.5, 0.6) is 0 Å². The third kappa shape index (κ3) is 3.45. The monoisotopic (exact) mass is 389 g/mol. The van der Waals surface area contributed by atoms with Crippen LogP contribution in [0.4, 0.5) is 20.5 Å². The van der Waals surface area contributed by atoms with Gasteiger partial charge in [-0.1, -0.05) is 0 Å². The standard InChI is InChI=1S/C16H17F2N9O/c1-9-6-28-3-2-26(9)15-23-14(24-16(25-15)27-8-20-7-22-27)11-5-21-12(19)4-10(11)13(17)18/h4-5,7-9,13H,2-3,6H2,1H3,(H2,19,21)/t9-/m1/s1. The molecule has 12 heteroatoms. The van der Waals surface area contributed by atoms with E-state index in [1.54, 1.807) is 0 Å². The van der Waals surface area contributed by atoms with Gasteiger partial charge in [0, 0.05) is 23.9 Å². The van der Waals surface area contributed by atoms with Crippen molar-refractivity contribution in [2.24, 2.45) is 0 Å². The van der Waals surface area contributed by atoms with E-state index in [-0.39, 0.29) is 34.8 Å². The van der Waals surface area contributed by atoms with Crippen LogP contribution in [0.25, 0.3) is 17.3 Å². The van der Waals surface area contributed by atoms with Crippen molar-refractivity contribution < 1.29 is 13.5 Å². The molecule has 0 bridgehead atoms. The SMILES string of the molecule is C[C@@H]1COCCN1c1nc(-c2cnc(N)cc2C(F)F)nc(-n2cncn2)n1. The van der Waals surface area contributed by atoms with Gasteiger partial charge >= 0.3 is 0 Å². The van der Waals surface area contributed by atoms with Crippen LogP contribution in [0.1, 0.15) is 18.9 Å². The molecule has 0 amide bonds. The molecule has 2 N–H and O–H groups in total. The van der Waals surface area contributed by atoms with Crippen molar-refractivity contribution in [1.82, 2.24) is 34.7 Å². The fourth-order valence-corrected chi connectivity index (χ4v) is 2.90. The minimum atomic E-state index is -2.77. The average molecular weight is 389 g/mol. The first kappa shape index (κ1) is 18.1. The Morgan fingerprint density at radius 1 is 1.25 bits per heavy atom. The molecular formula is C16H17F2N9O. The first-order valence-corrected chi connectivity index (χ1v) is 8.52. The molecule has 3 aromatic rings. The topological polar surface area (TPSA) is 121 Å². The third-order valence-electron chi connectivity index (χ3n) is 4.29. The fraction of sp³-hybridized carbons (Fsp3) is 0.375. The molecular weight excluding hydrogens is 372 g/mol. The van der Waals surface area contributed by atoms with E-state index in [1.165, 1.54) is 23.5 Å². The van der Waals surface area contributed by atoms with Crippen LogP contribution >= 0.6 is 0 Å². The van der Waals surface area contributed by atoms with Gasteiger partial charge in [-0.3, -0.25) is 0 Å². The molecule has 0 aliphatic carbocycles. The van der Waals surface area contributed by atoms with Crippen LogP contribution < -0.4 is 10.6 Å². The molecule has 0 saturated carbocycles. The Balaban J connectivity index is 1.88. The number of nitrogens with zero attached hydrogens (tertiary/aromatic N) is 8. The van der Waals surface area contributed by atoms with Gasteiger partial charge in [0.05, 0.1) is 19.3 Å². The van der Waals surface area contributed by atoms with Crippen molar-refractivity contribution in [1.29, 1.82) is 0 Å². The molecule has 1 atom stereocenters. The summed E-state index contributed by atoms with van der Waals surface area (Å²) in [5.41, 5.74) is 5.35. The number of ether oxygens (including phenoxy) is 1. The average Bonchev–Trinajstić information content (AvgIpc) is 3.23. The number of alkyl halides is 2. The van der Waals surface area contributed by atoms with Crippen molar-refractivity contribution in [2.75, 3.05) is 30.4 Å². The maximum atomic E-state index is 13.6. The Morgan fingerprint density at radius 3 is 2.79 bits per heavy atom. The maximum Gasteiger partial charge on any atom is 0.264 e. The summed E-state index contributed by atoms with van der Waals surface area (Å²) in [6.07, 6.45) is 1.22. The van der Waals surface area contributed by atoms with Crippen molar-refractivity contribution in [3.63, 3.8) is 0 Å². The van der Waals surface area contributed by atoms with Gasteiger partial charge in [-0.05, 0) is 13.0 Å². The lowest BCUT2D eigenvalue weighted by Gasteiger charge is -2.33. The number of nitrogens with two attached hydrogens (primary N) is 1. The second kappa shape index (κ2) is 7.38. The number of nitrogen functional groups attached to an aromatic ring is 1. The van der Waals surface area contributed by atoms with Gasteiger partial charge in [-0.2, -0.15) is 24.7 Å². The predicted molar refractivity (Wildman–Crippen MR) is 95.0 cm³/mol. The van der Waals surface area contributed by atoms with E-state index in [9.17, 15) is 8.78 Å². The van der Waals surface area contributed by atoms with Crippen LogP contribution in [0.15, 0.2) is 24.9 Å². The normalized spacial score (nSPS) is 17.3. The molecule has 146 valence electrons. The van der Waals surface area contributed by atoms with E-state index in [0.717, 1.165) is 6.07 Å². The lowest BCUT2D eigenvalue weighted by molar-refractivity contribution is 0.0980. The summed E-state index contributed by atoms with van der Waals surface area (Å²) in [6.45, 7) is 3.54. The molecule has 4 heterocycles. The van der Waals surface area contributed by atoms with Crippen molar-refractivity contribution in [3.8, 4) is 17.3 Å². The minimum Gasteiger partial charge on any atom is -0.384 e. The summed E-state index contributed by atoms with van der Waals surface area (Å²) in [4.78, 5) is 22.9. The number of hydrogen-bond acceptors (Lipinski definition) is 9. The highest BCUT2D eigenvalue weighted by atomic mass is 19.3. The van der Waals surface area contributed by atoms with Gasteiger partial charge < -0.3 is 15.4 Å². The Hall–Kier alpha value is -3.28. The van der Waals surface area contributed by atoms with Crippen LogP contribution in [0, 0.1) is 0 Å². The zero-order chi connectivity index (χ0) is 19.7. The first-order valence-electron chi connectivity index (χ1n) is 8.52. The van der Waals surface area contributed by atoms with E-state index in [1.807, 2.05) is 11.8 Å². The molecule has 4 rings (SSSR count). The van der Waals surface area contributed by atoms with Gasteiger partial charge in [-0.15, -0.1) is 0 Å². The van der Waals surface area contributed by atoms with E-state index >= 15 is 0 Å². The molecule has 0 radical (unpaired) electrons. The summed E-state index contributed by atoms with van der Waals surface area (Å²) in [5.74, 6) is 0.542. The molecule has 1 aliphatic heterocycles. The van der Waals surface area contributed by atoms with E-state index in [2.05, 4.69) is 30.0 Å². The van der Waals surface area contributed by atoms with E-state index < -0.39 is 6.43 Å². The van der Waals surface area contributed by atoms with Gasteiger partial charge in [0.1, 0.15) is 18.5 Å². The summed E-state index contributed by atoms with van der Waals surface area (Å²) in [6, 6.07) is 1.13. The van der Waals surface area contributed by atoms with Crippen molar-refractivity contribution >= 4 is 11.8 Å². The second-order valence-corrected chi connectivity index (χ2v) is 6.21. The highest BCUT2D eigenvalue weighted by molar-refractivity contribution is 5.63. The van der Waals surface area contributed by atoms with Gasteiger partial charge in [0.25, 0.3) is 12.4 Å². The number of pyridine rings is 1. The second-order valence-electron chi connectivity index (χ2n) is 6.21. The molecule has 1 aliphatic rings. The van der Waals surface area contributed by atoms with Crippen molar-refractivity contribution in [2.45, 2.75) is 19.4 Å². The third-order valence-corrected chi connectivity index (χ3v) is 4.29. The smallest absolute Gasteiger partial charge is 0.264 e.